The van der Waals surface area contributed by atoms with Crippen LogP contribution < -0.4 is 5.32 Å². The molecular formula is C14H19BrN2O2. The standard InChI is InChI=1S/C14H19BrN2O2/c1-14(7-3-2-4-8-14)10-16-12-6-5-11(15)9-13(12)17(18)19/h5-6,9,16H,2-4,7-8,10H2,1H3. The van der Waals surface area contributed by atoms with Crippen LogP contribution in [-0.2, 0) is 0 Å². The lowest BCUT2D eigenvalue weighted by Crippen LogP contribution is -2.29. The molecule has 0 unspecified atom stereocenters. The van der Waals surface area contributed by atoms with Crippen molar-refractivity contribution < 1.29 is 4.92 Å². The van der Waals surface area contributed by atoms with Crippen LogP contribution in [0.3, 0.4) is 0 Å². The van der Waals surface area contributed by atoms with Crippen molar-refractivity contribution in [3.63, 3.8) is 0 Å². The molecule has 1 fully saturated rings. The molecule has 104 valence electrons. The maximum atomic E-state index is 11.0. The van der Waals surface area contributed by atoms with Gasteiger partial charge in [0, 0.05) is 17.1 Å². The third-order valence-electron chi connectivity index (χ3n) is 3.92. The molecule has 1 aromatic rings. The molecule has 5 heteroatoms. The van der Waals surface area contributed by atoms with Crippen molar-refractivity contribution in [2.75, 3.05) is 11.9 Å². The number of rotatable bonds is 4. The minimum Gasteiger partial charge on any atom is -0.379 e. The summed E-state index contributed by atoms with van der Waals surface area (Å²) in [6, 6.07) is 5.15. The third kappa shape index (κ3) is 3.69. The molecule has 0 bridgehead atoms. The third-order valence-corrected chi connectivity index (χ3v) is 4.42. The van der Waals surface area contributed by atoms with Crippen LogP contribution >= 0.6 is 15.9 Å². The van der Waals surface area contributed by atoms with E-state index in [9.17, 15) is 10.1 Å². The number of nitrogens with one attached hydrogen (secondary N) is 1. The lowest BCUT2D eigenvalue weighted by molar-refractivity contribution is -0.384. The van der Waals surface area contributed by atoms with Crippen molar-refractivity contribution >= 4 is 27.3 Å². The molecule has 1 aromatic carbocycles. The van der Waals surface area contributed by atoms with Crippen LogP contribution in [0.5, 0.6) is 0 Å². The lowest BCUT2D eigenvalue weighted by Gasteiger charge is -2.33. The summed E-state index contributed by atoms with van der Waals surface area (Å²) in [6.45, 7) is 3.07. The van der Waals surface area contributed by atoms with Crippen LogP contribution in [-0.4, -0.2) is 11.5 Å². The Bertz CT molecular complexity index is 471. The van der Waals surface area contributed by atoms with Gasteiger partial charge >= 0.3 is 0 Å². The second-order valence-corrected chi connectivity index (χ2v) is 6.56. The van der Waals surface area contributed by atoms with Crippen LogP contribution in [0, 0.1) is 15.5 Å². The highest BCUT2D eigenvalue weighted by Crippen LogP contribution is 2.37. The number of nitro benzene ring substituents is 1. The van der Waals surface area contributed by atoms with Crippen LogP contribution in [0.25, 0.3) is 0 Å². The molecule has 1 saturated carbocycles. The first-order chi connectivity index (χ1) is 9.00. The number of hydrogen-bond acceptors (Lipinski definition) is 3. The van der Waals surface area contributed by atoms with Gasteiger partial charge in [-0.1, -0.05) is 42.1 Å². The van der Waals surface area contributed by atoms with Crippen molar-refractivity contribution in [2.24, 2.45) is 5.41 Å². The predicted octanol–water partition coefficient (Wildman–Crippen LogP) is 4.74. The van der Waals surface area contributed by atoms with Crippen LogP contribution in [0.1, 0.15) is 39.0 Å². The summed E-state index contributed by atoms with van der Waals surface area (Å²) in [5, 5.41) is 14.3. The maximum absolute atomic E-state index is 11.0. The van der Waals surface area contributed by atoms with E-state index in [4.69, 9.17) is 0 Å². The minimum absolute atomic E-state index is 0.133. The zero-order valence-electron chi connectivity index (χ0n) is 11.1. The molecule has 0 aromatic heterocycles. The number of anilines is 1. The van der Waals surface area contributed by atoms with Gasteiger partial charge in [0.15, 0.2) is 0 Å². The zero-order valence-corrected chi connectivity index (χ0v) is 12.7. The number of halogens is 1. The van der Waals surface area contributed by atoms with Crippen molar-refractivity contribution in [3.05, 3.63) is 32.8 Å². The minimum atomic E-state index is -0.337. The highest BCUT2D eigenvalue weighted by molar-refractivity contribution is 9.10. The van der Waals surface area contributed by atoms with Gasteiger partial charge < -0.3 is 5.32 Å². The Morgan fingerprint density at radius 1 is 1.37 bits per heavy atom. The fourth-order valence-electron chi connectivity index (χ4n) is 2.70. The maximum Gasteiger partial charge on any atom is 0.293 e. The highest BCUT2D eigenvalue weighted by Gasteiger charge is 2.27. The zero-order chi connectivity index (χ0) is 13.9. The molecule has 1 N–H and O–H groups in total. The van der Waals surface area contributed by atoms with Crippen molar-refractivity contribution in [1.82, 2.24) is 0 Å². The summed E-state index contributed by atoms with van der Waals surface area (Å²) in [7, 11) is 0. The van der Waals surface area contributed by atoms with E-state index in [1.54, 1.807) is 12.1 Å². The van der Waals surface area contributed by atoms with Crippen molar-refractivity contribution in [2.45, 2.75) is 39.0 Å². The van der Waals surface area contributed by atoms with Crippen LogP contribution in [0.4, 0.5) is 11.4 Å². The molecule has 0 spiro atoms. The number of nitro groups is 1. The Morgan fingerprint density at radius 2 is 2.05 bits per heavy atom. The monoisotopic (exact) mass is 326 g/mol. The first kappa shape index (κ1) is 14.3. The van der Waals surface area contributed by atoms with Crippen LogP contribution in [0.15, 0.2) is 22.7 Å². The fourth-order valence-corrected chi connectivity index (χ4v) is 3.05. The Balaban J connectivity index is 2.08. The molecule has 19 heavy (non-hydrogen) atoms. The lowest BCUT2D eigenvalue weighted by atomic mass is 9.76. The van der Waals surface area contributed by atoms with Gasteiger partial charge in [0.05, 0.1) is 4.92 Å². The van der Waals surface area contributed by atoms with Gasteiger partial charge in [-0.3, -0.25) is 10.1 Å². The average Bonchev–Trinajstić information content (AvgIpc) is 2.38. The molecule has 0 amide bonds. The Morgan fingerprint density at radius 3 is 2.68 bits per heavy atom. The van der Waals surface area contributed by atoms with E-state index in [2.05, 4.69) is 28.2 Å². The van der Waals surface area contributed by atoms with Crippen molar-refractivity contribution in [3.8, 4) is 0 Å². The summed E-state index contributed by atoms with van der Waals surface area (Å²) in [5.74, 6) is 0. The molecule has 0 atom stereocenters. The van der Waals surface area contributed by atoms with Gasteiger partial charge in [0.1, 0.15) is 5.69 Å². The first-order valence-electron chi connectivity index (χ1n) is 6.68. The topological polar surface area (TPSA) is 55.2 Å². The molecule has 0 heterocycles. The summed E-state index contributed by atoms with van der Waals surface area (Å²) >= 11 is 3.27. The van der Waals surface area contributed by atoms with Gasteiger partial charge in [-0.2, -0.15) is 0 Å². The quantitative estimate of drug-likeness (QED) is 0.642. The van der Waals surface area contributed by atoms with E-state index in [1.807, 2.05) is 6.07 Å². The summed E-state index contributed by atoms with van der Waals surface area (Å²) in [4.78, 5) is 10.7. The van der Waals surface area contributed by atoms with E-state index >= 15 is 0 Å². The Hall–Kier alpha value is -1.10. The molecule has 0 aliphatic heterocycles. The Kier molecular flexibility index (Phi) is 4.45. The fraction of sp³-hybridized carbons (Fsp3) is 0.571. The van der Waals surface area contributed by atoms with E-state index in [1.165, 1.54) is 32.1 Å². The second-order valence-electron chi connectivity index (χ2n) is 5.64. The Labute approximate surface area is 121 Å². The second kappa shape index (κ2) is 5.90. The molecule has 0 saturated heterocycles. The first-order valence-corrected chi connectivity index (χ1v) is 7.47. The van der Waals surface area contributed by atoms with Gasteiger partial charge in [-0.25, -0.2) is 0 Å². The van der Waals surface area contributed by atoms with E-state index in [-0.39, 0.29) is 16.0 Å². The van der Waals surface area contributed by atoms with E-state index < -0.39 is 0 Å². The highest BCUT2D eigenvalue weighted by atomic mass is 79.9. The predicted molar refractivity (Wildman–Crippen MR) is 80.5 cm³/mol. The molecule has 1 aliphatic rings. The molecule has 0 radical (unpaired) electrons. The molecule has 2 rings (SSSR count). The molecule has 1 aliphatic carbocycles. The van der Waals surface area contributed by atoms with Gasteiger partial charge in [-0.15, -0.1) is 0 Å². The van der Waals surface area contributed by atoms with Gasteiger partial charge in [-0.05, 0) is 30.4 Å². The largest absolute Gasteiger partial charge is 0.379 e. The average molecular weight is 327 g/mol. The smallest absolute Gasteiger partial charge is 0.293 e. The number of nitrogens with zero attached hydrogens (tertiary/aromatic N) is 1. The van der Waals surface area contributed by atoms with E-state index in [0.717, 1.165) is 11.0 Å². The molecule has 4 nitrogen and oxygen atoms in total. The SMILES string of the molecule is CC1(CNc2ccc(Br)cc2[N+](=O)[O-])CCCCC1. The van der Waals surface area contributed by atoms with Gasteiger partial charge in [0.2, 0.25) is 0 Å². The van der Waals surface area contributed by atoms with Crippen LogP contribution in [0.2, 0.25) is 0 Å². The summed E-state index contributed by atoms with van der Waals surface area (Å²) in [5.41, 5.74) is 1.01. The molecular weight excluding hydrogens is 308 g/mol. The summed E-state index contributed by atoms with van der Waals surface area (Å²) < 4.78 is 0.730. The summed E-state index contributed by atoms with van der Waals surface area (Å²) in [6.07, 6.45) is 6.24. The number of hydrogen-bond donors (Lipinski definition) is 1. The van der Waals surface area contributed by atoms with Crippen molar-refractivity contribution in [1.29, 1.82) is 0 Å². The normalized spacial score (nSPS) is 18.0. The van der Waals surface area contributed by atoms with Gasteiger partial charge in [0.25, 0.3) is 5.69 Å². The number of benzene rings is 1. The van der Waals surface area contributed by atoms with E-state index in [0.29, 0.717) is 5.69 Å².